The Hall–Kier alpha value is -2.38. The van der Waals surface area contributed by atoms with Crippen LogP contribution in [-0.4, -0.2) is 51.4 Å². The van der Waals surface area contributed by atoms with E-state index in [1.165, 1.54) is 0 Å². The third-order valence-corrected chi connectivity index (χ3v) is 4.39. The Morgan fingerprint density at radius 1 is 1.35 bits per heavy atom. The Morgan fingerprint density at radius 3 is 2.92 bits per heavy atom. The van der Waals surface area contributed by atoms with Gasteiger partial charge in [0.2, 0.25) is 5.91 Å². The van der Waals surface area contributed by atoms with Gasteiger partial charge in [-0.2, -0.15) is 0 Å². The number of carbonyl (C=O) groups excluding carboxylic acids is 1. The summed E-state index contributed by atoms with van der Waals surface area (Å²) in [5.41, 5.74) is 2.64. The number of nitrogens with one attached hydrogen (secondary N) is 2. The summed E-state index contributed by atoms with van der Waals surface area (Å²) in [5, 5.41) is 6.22. The summed E-state index contributed by atoms with van der Waals surface area (Å²) in [6, 6.07) is 5.45. The highest BCUT2D eigenvalue weighted by Crippen LogP contribution is 2.12. The Kier molecular flexibility index (Phi) is 5.90. The number of nitrogens with zero attached hydrogens (tertiary/aromatic N) is 4. The van der Waals surface area contributed by atoms with Crippen LogP contribution in [0.25, 0.3) is 0 Å². The molecule has 0 bridgehead atoms. The topological polar surface area (TPSA) is 83.0 Å². The number of hydrogen-bond donors (Lipinski definition) is 2. The van der Waals surface area contributed by atoms with E-state index in [1.807, 2.05) is 31.3 Å². The van der Waals surface area contributed by atoms with Crippen LogP contribution in [-0.2, 0) is 11.3 Å². The minimum absolute atomic E-state index is 0.0362. The number of rotatable bonds is 5. The molecule has 2 N–H and O–H groups in total. The second kappa shape index (κ2) is 8.33. The maximum Gasteiger partial charge on any atom is 0.242 e. The molecule has 1 fully saturated rings. The van der Waals surface area contributed by atoms with Crippen molar-refractivity contribution in [1.82, 2.24) is 25.2 Å². The molecule has 1 aliphatic heterocycles. The quantitative estimate of drug-likeness (QED) is 0.851. The molecule has 0 spiro atoms. The van der Waals surface area contributed by atoms with Crippen molar-refractivity contribution in [1.29, 1.82) is 0 Å². The number of anilines is 1. The fourth-order valence-corrected chi connectivity index (χ4v) is 2.91. The number of amides is 1. The van der Waals surface area contributed by atoms with Gasteiger partial charge in [0, 0.05) is 44.0 Å². The first-order valence-electron chi connectivity index (χ1n) is 9.02. The van der Waals surface area contributed by atoms with E-state index in [0.717, 1.165) is 42.5 Å². The molecular weight excluding hydrogens is 328 g/mol. The van der Waals surface area contributed by atoms with E-state index < -0.39 is 0 Å². The first-order valence-corrected chi connectivity index (χ1v) is 9.02. The molecule has 7 nitrogen and oxygen atoms in total. The Balaban J connectivity index is 1.59. The number of carbonyl (C=O) groups is 1. The monoisotopic (exact) mass is 354 g/mol. The van der Waals surface area contributed by atoms with Gasteiger partial charge >= 0.3 is 0 Å². The molecular formula is C19H26N6O. The molecule has 0 aliphatic carbocycles. The highest BCUT2D eigenvalue weighted by atomic mass is 16.2. The number of hydrogen-bond acceptors (Lipinski definition) is 6. The van der Waals surface area contributed by atoms with Crippen molar-refractivity contribution in [2.24, 2.45) is 0 Å². The molecule has 7 heteroatoms. The molecule has 1 saturated heterocycles. The molecule has 0 radical (unpaired) electrons. The molecule has 1 atom stereocenters. The van der Waals surface area contributed by atoms with E-state index in [-0.39, 0.29) is 11.9 Å². The SMILES string of the molecule is Cc1ccc(NC(=O)C2CN(Cc3ccnc(C(C)C)n3)CCN2)cn1. The zero-order valence-electron chi connectivity index (χ0n) is 15.6. The lowest BCUT2D eigenvalue weighted by Gasteiger charge is -2.32. The summed E-state index contributed by atoms with van der Waals surface area (Å²) >= 11 is 0. The van der Waals surface area contributed by atoms with Gasteiger partial charge in [-0.15, -0.1) is 0 Å². The molecule has 0 saturated carbocycles. The van der Waals surface area contributed by atoms with Crippen LogP contribution >= 0.6 is 0 Å². The van der Waals surface area contributed by atoms with Gasteiger partial charge in [0.15, 0.2) is 0 Å². The average Bonchev–Trinajstić information content (AvgIpc) is 2.64. The minimum Gasteiger partial charge on any atom is -0.323 e. The fourth-order valence-electron chi connectivity index (χ4n) is 2.91. The van der Waals surface area contributed by atoms with E-state index >= 15 is 0 Å². The van der Waals surface area contributed by atoms with E-state index in [9.17, 15) is 4.79 Å². The number of piperazine rings is 1. The highest BCUT2D eigenvalue weighted by Gasteiger charge is 2.25. The molecule has 3 rings (SSSR count). The second-order valence-electron chi connectivity index (χ2n) is 6.98. The molecule has 26 heavy (non-hydrogen) atoms. The fraction of sp³-hybridized carbons (Fsp3) is 0.474. The Bertz CT molecular complexity index is 746. The van der Waals surface area contributed by atoms with Gasteiger partial charge in [0.05, 0.1) is 23.6 Å². The molecule has 2 aromatic heterocycles. The van der Waals surface area contributed by atoms with E-state index in [0.29, 0.717) is 12.5 Å². The van der Waals surface area contributed by atoms with Crippen molar-refractivity contribution in [3.05, 3.63) is 47.8 Å². The third-order valence-electron chi connectivity index (χ3n) is 4.39. The summed E-state index contributed by atoms with van der Waals surface area (Å²) in [6.45, 7) is 9.12. The summed E-state index contributed by atoms with van der Waals surface area (Å²) < 4.78 is 0. The van der Waals surface area contributed by atoms with Crippen molar-refractivity contribution in [2.45, 2.75) is 39.3 Å². The van der Waals surface area contributed by atoms with Gasteiger partial charge in [-0.25, -0.2) is 9.97 Å². The van der Waals surface area contributed by atoms with Crippen LogP contribution in [0.4, 0.5) is 5.69 Å². The van der Waals surface area contributed by atoms with E-state index in [2.05, 4.69) is 44.3 Å². The lowest BCUT2D eigenvalue weighted by atomic mass is 10.1. The van der Waals surface area contributed by atoms with E-state index in [4.69, 9.17) is 0 Å². The van der Waals surface area contributed by atoms with Gasteiger partial charge in [0.1, 0.15) is 5.82 Å². The molecule has 3 heterocycles. The van der Waals surface area contributed by atoms with Gasteiger partial charge in [-0.05, 0) is 25.1 Å². The van der Waals surface area contributed by atoms with Crippen LogP contribution in [0, 0.1) is 6.92 Å². The van der Waals surface area contributed by atoms with Gasteiger partial charge in [-0.1, -0.05) is 13.8 Å². The molecule has 1 aliphatic rings. The predicted molar refractivity (Wildman–Crippen MR) is 101 cm³/mol. The minimum atomic E-state index is -0.253. The zero-order valence-corrected chi connectivity index (χ0v) is 15.6. The third kappa shape index (κ3) is 4.83. The van der Waals surface area contributed by atoms with Gasteiger partial charge < -0.3 is 10.6 Å². The number of aryl methyl sites for hydroxylation is 1. The van der Waals surface area contributed by atoms with Crippen molar-refractivity contribution >= 4 is 11.6 Å². The van der Waals surface area contributed by atoms with E-state index in [1.54, 1.807) is 6.20 Å². The van der Waals surface area contributed by atoms with Crippen molar-refractivity contribution in [3.8, 4) is 0 Å². The second-order valence-corrected chi connectivity index (χ2v) is 6.98. The lowest BCUT2D eigenvalue weighted by Crippen LogP contribution is -2.55. The standard InChI is InChI=1S/C19H26N6O/c1-13(2)18-21-7-6-16(23-18)11-25-9-8-20-17(12-25)19(26)24-15-5-4-14(3)22-10-15/h4-7,10,13,17,20H,8-9,11-12H2,1-3H3,(H,24,26). The Morgan fingerprint density at radius 2 is 2.19 bits per heavy atom. The van der Waals surface area contributed by atoms with Gasteiger partial charge in [0.25, 0.3) is 0 Å². The summed E-state index contributed by atoms with van der Waals surface area (Å²) in [4.78, 5) is 27.9. The zero-order chi connectivity index (χ0) is 18.5. The van der Waals surface area contributed by atoms with Crippen molar-refractivity contribution < 1.29 is 4.79 Å². The van der Waals surface area contributed by atoms with Crippen LogP contribution in [0.15, 0.2) is 30.6 Å². The molecule has 1 amide bonds. The normalized spacial score (nSPS) is 18.1. The van der Waals surface area contributed by atoms with Crippen LogP contribution in [0.3, 0.4) is 0 Å². The van der Waals surface area contributed by atoms with Crippen LogP contribution in [0.5, 0.6) is 0 Å². The largest absolute Gasteiger partial charge is 0.323 e. The maximum atomic E-state index is 12.5. The average molecular weight is 354 g/mol. The summed E-state index contributed by atoms with van der Waals surface area (Å²) in [6.07, 6.45) is 3.50. The first kappa shape index (κ1) is 18.4. The van der Waals surface area contributed by atoms with Crippen LogP contribution in [0.1, 0.15) is 37.0 Å². The molecule has 138 valence electrons. The lowest BCUT2D eigenvalue weighted by molar-refractivity contribution is -0.119. The molecule has 1 unspecified atom stereocenters. The molecule has 0 aromatic carbocycles. The van der Waals surface area contributed by atoms with Crippen molar-refractivity contribution in [2.75, 3.05) is 25.0 Å². The first-order chi connectivity index (χ1) is 12.5. The van der Waals surface area contributed by atoms with Gasteiger partial charge in [-0.3, -0.25) is 14.7 Å². The van der Waals surface area contributed by atoms with Crippen molar-refractivity contribution in [3.63, 3.8) is 0 Å². The predicted octanol–water partition coefficient (Wildman–Crippen LogP) is 1.72. The summed E-state index contributed by atoms with van der Waals surface area (Å²) in [7, 11) is 0. The summed E-state index contributed by atoms with van der Waals surface area (Å²) in [5.74, 6) is 1.13. The smallest absolute Gasteiger partial charge is 0.242 e. The molecule has 2 aromatic rings. The maximum absolute atomic E-state index is 12.5. The van der Waals surface area contributed by atoms with Crippen LogP contribution in [0.2, 0.25) is 0 Å². The Labute approximate surface area is 154 Å². The van der Waals surface area contributed by atoms with Crippen LogP contribution < -0.4 is 10.6 Å². The number of pyridine rings is 1. The number of aromatic nitrogens is 3. The highest BCUT2D eigenvalue weighted by molar-refractivity contribution is 5.94.